The van der Waals surface area contributed by atoms with Crippen LogP contribution in [0.4, 0.5) is 0 Å². The molecule has 0 spiro atoms. The topological polar surface area (TPSA) is 46.6 Å². The molecule has 1 atom stereocenters. The predicted molar refractivity (Wildman–Crippen MR) is 89.6 cm³/mol. The summed E-state index contributed by atoms with van der Waals surface area (Å²) in [4.78, 5) is 2.45. The molecule has 0 aliphatic carbocycles. The SMILES string of the molecule is Cc1ccc(S(=O)(=O)O[C@H]2CCN(Cc3ccccc3)C2)cc1. The number of aryl methyl sites for hydroxylation is 1. The van der Waals surface area contributed by atoms with Crippen LogP contribution in [0, 0.1) is 6.92 Å². The van der Waals surface area contributed by atoms with Crippen LogP contribution in [0.2, 0.25) is 0 Å². The Morgan fingerprint density at radius 3 is 2.48 bits per heavy atom. The summed E-state index contributed by atoms with van der Waals surface area (Å²) >= 11 is 0. The van der Waals surface area contributed by atoms with E-state index in [0.717, 1.165) is 25.1 Å². The smallest absolute Gasteiger partial charge is 0.296 e. The Kier molecular flexibility index (Phi) is 4.80. The standard InChI is InChI=1S/C18H21NO3S/c1-15-7-9-18(10-8-15)23(20,21)22-17-11-12-19(14-17)13-16-5-3-2-4-6-16/h2-10,17H,11-14H2,1H3/t17-/m0/s1. The molecule has 0 amide bonds. The Morgan fingerprint density at radius 2 is 1.78 bits per heavy atom. The molecule has 0 bridgehead atoms. The third kappa shape index (κ3) is 4.19. The quantitative estimate of drug-likeness (QED) is 0.790. The molecule has 3 rings (SSSR count). The first-order valence-electron chi connectivity index (χ1n) is 7.79. The van der Waals surface area contributed by atoms with Gasteiger partial charge in [-0.25, -0.2) is 0 Å². The Morgan fingerprint density at radius 1 is 1.09 bits per heavy atom. The van der Waals surface area contributed by atoms with E-state index < -0.39 is 10.1 Å². The predicted octanol–water partition coefficient (Wildman–Crippen LogP) is 2.97. The van der Waals surface area contributed by atoms with Gasteiger partial charge in [-0.05, 0) is 31.0 Å². The van der Waals surface area contributed by atoms with Crippen LogP contribution in [0.25, 0.3) is 0 Å². The van der Waals surface area contributed by atoms with Crippen molar-refractivity contribution < 1.29 is 12.6 Å². The summed E-state index contributed by atoms with van der Waals surface area (Å²) in [6, 6.07) is 17.0. The highest BCUT2D eigenvalue weighted by molar-refractivity contribution is 7.86. The van der Waals surface area contributed by atoms with Crippen molar-refractivity contribution in [3.63, 3.8) is 0 Å². The fraction of sp³-hybridized carbons (Fsp3) is 0.333. The molecule has 1 aliphatic rings. The molecule has 0 saturated carbocycles. The third-order valence-electron chi connectivity index (χ3n) is 4.05. The Labute approximate surface area is 137 Å². The highest BCUT2D eigenvalue weighted by atomic mass is 32.2. The number of nitrogens with zero attached hydrogens (tertiary/aromatic N) is 1. The average Bonchev–Trinajstić information content (AvgIpc) is 2.95. The van der Waals surface area contributed by atoms with E-state index in [1.807, 2.05) is 25.1 Å². The van der Waals surface area contributed by atoms with Gasteiger partial charge in [-0.2, -0.15) is 8.42 Å². The molecule has 5 heteroatoms. The Bertz CT molecular complexity index is 742. The first-order valence-corrected chi connectivity index (χ1v) is 9.20. The second-order valence-corrected chi connectivity index (χ2v) is 7.57. The summed E-state index contributed by atoms with van der Waals surface area (Å²) in [6.07, 6.45) is 0.461. The minimum absolute atomic E-state index is 0.226. The summed E-state index contributed by atoms with van der Waals surface area (Å²) in [5.41, 5.74) is 2.26. The summed E-state index contributed by atoms with van der Waals surface area (Å²) in [5.74, 6) is 0. The van der Waals surface area contributed by atoms with Gasteiger partial charge in [0, 0.05) is 19.6 Å². The molecular formula is C18H21NO3S. The largest absolute Gasteiger partial charge is 0.297 e. The van der Waals surface area contributed by atoms with Crippen molar-refractivity contribution in [2.24, 2.45) is 0 Å². The van der Waals surface area contributed by atoms with Gasteiger partial charge in [0.05, 0.1) is 11.0 Å². The van der Waals surface area contributed by atoms with E-state index in [0.29, 0.717) is 6.54 Å². The van der Waals surface area contributed by atoms with Gasteiger partial charge < -0.3 is 0 Å². The van der Waals surface area contributed by atoms with E-state index in [2.05, 4.69) is 17.0 Å². The Hall–Kier alpha value is -1.69. The fourth-order valence-corrected chi connectivity index (χ4v) is 3.90. The number of benzene rings is 2. The zero-order valence-corrected chi connectivity index (χ0v) is 14.0. The second kappa shape index (κ2) is 6.83. The van der Waals surface area contributed by atoms with E-state index >= 15 is 0 Å². The fourth-order valence-electron chi connectivity index (χ4n) is 2.80. The third-order valence-corrected chi connectivity index (χ3v) is 5.43. The summed E-state index contributed by atoms with van der Waals surface area (Å²) in [6.45, 7) is 4.24. The number of hydrogen-bond donors (Lipinski definition) is 0. The molecule has 4 nitrogen and oxygen atoms in total. The van der Waals surface area contributed by atoms with Gasteiger partial charge in [0.2, 0.25) is 0 Å². The number of rotatable bonds is 5. The van der Waals surface area contributed by atoms with Gasteiger partial charge in [-0.1, -0.05) is 48.0 Å². The highest BCUT2D eigenvalue weighted by Gasteiger charge is 2.28. The maximum atomic E-state index is 12.3. The maximum Gasteiger partial charge on any atom is 0.297 e. The molecule has 1 saturated heterocycles. The van der Waals surface area contributed by atoms with Crippen molar-refractivity contribution in [2.45, 2.75) is 30.9 Å². The van der Waals surface area contributed by atoms with Crippen molar-refractivity contribution in [1.82, 2.24) is 4.90 Å². The van der Waals surface area contributed by atoms with Crippen LogP contribution in [0.1, 0.15) is 17.5 Å². The van der Waals surface area contributed by atoms with Gasteiger partial charge in [0.25, 0.3) is 10.1 Å². The van der Waals surface area contributed by atoms with Crippen LogP contribution in [-0.4, -0.2) is 32.5 Å². The molecule has 0 aromatic heterocycles. The zero-order valence-electron chi connectivity index (χ0n) is 13.2. The molecule has 0 radical (unpaired) electrons. The molecule has 0 N–H and O–H groups in total. The molecule has 2 aromatic rings. The number of likely N-dealkylation sites (tertiary alicyclic amines) is 1. The van der Waals surface area contributed by atoms with Crippen molar-refractivity contribution in [1.29, 1.82) is 0 Å². The van der Waals surface area contributed by atoms with Gasteiger partial charge in [-0.15, -0.1) is 0 Å². The molecule has 23 heavy (non-hydrogen) atoms. The van der Waals surface area contributed by atoms with Crippen molar-refractivity contribution in [3.8, 4) is 0 Å². The molecule has 122 valence electrons. The van der Waals surface area contributed by atoms with Crippen LogP contribution in [0.15, 0.2) is 59.5 Å². The van der Waals surface area contributed by atoms with Crippen molar-refractivity contribution >= 4 is 10.1 Å². The van der Waals surface area contributed by atoms with Crippen LogP contribution in [0.3, 0.4) is 0 Å². The summed E-state index contributed by atoms with van der Waals surface area (Å²) in [7, 11) is -3.68. The lowest BCUT2D eigenvalue weighted by Crippen LogP contribution is -2.24. The van der Waals surface area contributed by atoms with E-state index in [4.69, 9.17) is 4.18 Å². The van der Waals surface area contributed by atoms with Crippen LogP contribution in [-0.2, 0) is 20.8 Å². The lowest BCUT2D eigenvalue weighted by molar-refractivity contribution is 0.205. The average molecular weight is 331 g/mol. The normalized spacial score (nSPS) is 19.1. The monoisotopic (exact) mass is 331 g/mol. The molecule has 2 aromatic carbocycles. The van der Waals surface area contributed by atoms with Gasteiger partial charge in [0.15, 0.2) is 0 Å². The van der Waals surface area contributed by atoms with Crippen LogP contribution < -0.4 is 0 Å². The molecule has 1 aliphatic heterocycles. The second-order valence-electron chi connectivity index (χ2n) is 5.99. The minimum atomic E-state index is -3.68. The zero-order chi connectivity index (χ0) is 16.3. The summed E-state index contributed by atoms with van der Waals surface area (Å²) < 4.78 is 30.1. The van der Waals surface area contributed by atoms with E-state index in [9.17, 15) is 8.42 Å². The Balaban J connectivity index is 1.60. The van der Waals surface area contributed by atoms with Crippen molar-refractivity contribution in [3.05, 3.63) is 65.7 Å². The molecule has 1 fully saturated rings. The van der Waals surface area contributed by atoms with Crippen LogP contribution in [0.5, 0.6) is 0 Å². The van der Waals surface area contributed by atoms with Crippen LogP contribution >= 0.6 is 0 Å². The van der Waals surface area contributed by atoms with Gasteiger partial charge in [0.1, 0.15) is 0 Å². The molecule has 1 heterocycles. The lowest BCUT2D eigenvalue weighted by atomic mass is 10.2. The van der Waals surface area contributed by atoms with E-state index in [1.54, 1.807) is 24.3 Å². The number of hydrogen-bond acceptors (Lipinski definition) is 4. The van der Waals surface area contributed by atoms with E-state index in [1.165, 1.54) is 5.56 Å². The highest BCUT2D eigenvalue weighted by Crippen LogP contribution is 2.21. The molecule has 0 unspecified atom stereocenters. The first kappa shape index (κ1) is 16.2. The molecular weight excluding hydrogens is 310 g/mol. The van der Waals surface area contributed by atoms with Gasteiger partial charge in [-0.3, -0.25) is 9.08 Å². The van der Waals surface area contributed by atoms with E-state index in [-0.39, 0.29) is 11.0 Å². The summed E-state index contributed by atoms with van der Waals surface area (Å²) in [5, 5.41) is 0. The first-order chi connectivity index (χ1) is 11.0. The van der Waals surface area contributed by atoms with Gasteiger partial charge >= 0.3 is 0 Å². The maximum absolute atomic E-state index is 12.3. The van der Waals surface area contributed by atoms with Crippen molar-refractivity contribution in [2.75, 3.05) is 13.1 Å². The lowest BCUT2D eigenvalue weighted by Gasteiger charge is -2.16. The minimum Gasteiger partial charge on any atom is -0.296 e.